The van der Waals surface area contributed by atoms with Crippen LogP contribution < -0.4 is 10.2 Å². The van der Waals surface area contributed by atoms with E-state index in [2.05, 4.69) is 5.10 Å². The topological polar surface area (TPSA) is 57.4 Å². The van der Waals surface area contributed by atoms with Gasteiger partial charge >= 0.3 is 0 Å². The molecule has 0 radical (unpaired) electrons. The number of nitrogens with one attached hydrogen (secondary N) is 1. The molecule has 2 rings (SSSR count). The Kier molecular flexibility index (Phi) is 5.54. The zero-order valence-electron chi connectivity index (χ0n) is 12.7. The smallest absolute Gasteiger partial charge is 0.200 e. The first-order chi connectivity index (χ1) is 11.9. The third kappa shape index (κ3) is 3.85. The fourth-order valence-corrected chi connectivity index (χ4v) is 1.82. The number of halogens is 5. The number of nitriles is 1. The van der Waals surface area contributed by atoms with Gasteiger partial charge in [-0.15, -0.1) is 0 Å². The molecule has 0 aromatic heterocycles. The molecular weight excluding hydrogens is 345 g/mol. The maximum absolute atomic E-state index is 13.5. The number of nitrogens with zero attached hydrogens (tertiary/aromatic N) is 2. The summed E-state index contributed by atoms with van der Waals surface area (Å²) in [5.74, 6) is -9.96. The van der Waals surface area contributed by atoms with Crippen LogP contribution in [0.2, 0.25) is 0 Å². The minimum atomic E-state index is -2.24. The summed E-state index contributed by atoms with van der Waals surface area (Å²) in [4.78, 5) is 0. The van der Waals surface area contributed by atoms with Crippen LogP contribution in [-0.2, 0) is 0 Å². The Bertz CT molecular complexity index is 831. The lowest BCUT2D eigenvalue weighted by molar-refractivity contribution is 0.368. The van der Waals surface area contributed by atoms with Gasteiger partial charge in [0.05, 0.1) is 5.71 Å². The highest BCUT2D eigenvalue weighted by atomic mass is 19.2. The number of benzene rings is 2. The Morgan fingerprint density at radius 2 is 1.52 bits per heavy atom. The lowest BCUT2D eigenvalue weighted by atomic mass is 10.1. The zero-order chi connectivity index (χ0) is 18.6. The monoisotopic (exact) mass is 355 g/mol. The molecule has 0 spiro atoms. The molecule has 0 amide bonds. The SMILES string of the molecule is C/C(=N/Nc1c(F)c(F)c(F)c(F)c1F)c1ccc(OCC#N)cc1. The molecule has 0 saturated heterocycles. The number of hydrogen-bond acceptors (Lipinski definition) is 4. The van der Waals surface area contributed by atoms with Crippen LogP contribution in [0.1, 0.15) is 12.5 Å². The highest BCUT2D eigenvalue weighted by Gasteiger charge is 2.25. The maximum atomic E-state index is 13.5. The molecule has 1 N–H and O–H groups in total. The van der Waals surface area contributed by atoms with Crippen molar-refractivity contribution in [3.8, 4) is 11.8 Å². The average molecular weight is 355 g/mol. The van der Waals surface area contributed by atoms with Gasteiger partial charge in [-0.3, -0.25) is 5.43 Å². The molecule has 0 fully saturated rings. The molecule has 2 aromatic carbocycles. The third-order valence-electron chi connectivity index (χ3n) is 3.12. The van der Waals surface area contributed by atoms with Crippen LogP contribution >= 0.6 is 0 Å². The molecule has 0 heterocycles. The van der Waals surface area contributed by atoms with E-state index in [-0.39, 0.29) is 12.3 Å². The fourth-order valence-electron chi connectivity index (χ4n) is 1.82. The lowest BCUT2D eigenvalue weighted by Gasteiger charge is -2.09. The minimum Gasteiger partial charge on any atom is -0.479 e. The molecule has 130 valence electrons. The van der Waals surface area contributed by atoms with Gasteiger partial charge in [-0.2, -0.15) is 10.4 Å². The molecule has 0 bridgehead atoms. The minimum absolute atomic E-state index is 0.131. The molecule has 0 atom stereocenters. The molecular formula is C16H10F5N3O. The van der Waals surface area contributed by atoms with Gasteiger partial charge in [0, 0.05) is 0 Å². The van der Waals surface area contributed by atoms with Crippen molar-refractivity contribution >= 4 is 11.4 Å². The van der Waals surface area contributed by atoms with Gasteiger partial charge in [-0.05, 0) is 36.8 Å². The summed E-state index contributed by atoms with van der Waals surface area (Å²) in [6.45, 7) is 1.33. The standard InChI is InChI=1S/C16H10F5N3O/c1-8(9-2-4-10(5-3-9)25-7-6-22)23-24-16-14(20)12(18)11(17)13(19)15(16)21/h2-5,24H,7H2,1H3/b23-8-. The van der Waals surface area contributed by atoms with Gasteiger partial charge in [0.25, 0.3) is 0 Å². The number of anilines is 1. The summed E-state index contributed by atoms with van der Waals surface area (Å²) >= 11 is 0. The fraction of sp³-hybridized carbons (Fsp3) is 0.125. The summed E-state index contributed by atoms with van der Waals surface area (Å²) in [5, 5.41) is 12.0. The van der Waals surface area contributed by atoms with Crippen LogP contribution in [0.15, 0.2) is 29.4 Å². The molecule has 0 saturated carbocycles. The van der Waals surface area contributed by atoms with Gasteiger partial charge in [0.1, 0.15) is 17.5 Å². The van der Waals surface area contributed by atoms with E-state index >= 15 is 0 Å². The van der Waals surface area contributed by atoms with Crippen molar-refractivity contribution < 1.29 is 26.7 Å². The van der Waals surface area contributed by atoms with Crippen molar-refractivity contribution in [3.05, 3.63) is 58.9 Å². The third-order valence-corrected chi connectivity index (χ3v) is 3.12. The van der Waals surface area contributed by atoms with Crippen LogP contribution in [0, 0.1) is 40.4 Å². The van der Waals surface area contributed by atoms with Crippen molar-refractivity contribution in [1.29, 1.82) is 5.26 Å². The van der Waals surface area contributed by atoms with E-state index < -0.39 is 34.8 Å². The summed E-state index contributed by atoms with van der Waals surface area (Å²) in [6.07, 6.45) is 0. The molecule has 0 aliphatic heterocycles. The second-order valence-electron chi connectivity index (χ2n) is 4.73. The quantitative estimate of drug-likeness (QED) is 0.289. The normalized spacial score (nSPS) is 11.2. The Hall–Kier alpha value is -3.15. The highest BCUT2D eigenvalue weighted by molar-refractivity contribution is 5.99. The van der Waals surface area contributed by atoms with Gasteiger partial charge in [0.15, 0.2) is 29.9 Å². The first-order valence-corrected chi connectivity index (χ1v) is 6.78. The summed E-state index contributed by atoms with van der Waals surface area (Å²) in [6, 6.07) is 7.96. The van der Waals surface area contributed by atoms with Gasteiger partial charge in [0.2, 0.25) is 5.82 Å². The molecule has 9 heteroatoms. The largest absolute Gasteiger partial charge is 0.479 e. The van der Waals surface area contributed by atoms with Crippen molar-refractivity contribution in [2.24, 2.45) is 5.10 Å². The number of ether oxygens (including phenoxy) is 1. The Morgan fingerprint density at radius 1 is 1.00 bits per heavy atom. The average Bonchev–Trinajstić information content (AvgIpc) is 2.63. The zero-order valence-corrected chi connectivity index (χ0v) is 12.7. The van der Waals surface area contributed by atoms with E-state index in [4.69, 9.17) is 10.00 Å². The number of hydrazone groups is 1. The van der Waals surface area contributed by atoms with Gasteiger partial charge in [-0.1, -0.05) is 0 Å². The summed E-state index contributed by atoms with van der Waals surface area (Å²) < 4.78 is 71.3. The molecule has 0 unspecified atom stereocenters. The van der Waals surface area contributed by atoms with E-state index in [1.165, 1.54) is 19.1 Å². The van der Waals surface area contributed by atoms with Gasteiger partial charge in [-0.25, -0.2) is 22.0 Å². The van der Waals surface area contributed by atoms with Crippen molar-refractivity contribution in [2.75, 3.05) is 12.0 Å². The summed E-state index contributed by atoms with van der Waals surface area (Å²) in [5.41, 5.74) is 1.33. The predicted molar refractivity (Wildman–Crippen MR) is 79.6 cm³/mol. The van der Waals surface area contributed by atoms with Crippen LogP contribution in [0.4, 0.5) is 27.6 Å². The van der Waals surface area contributed by atoms with E-state index in [1.807, 2.05) is 5.43 Å². The maximum Gasteiger partial charge on any atom is 0.200 e. The summed E-state index contributed by atoms with van der Waals surface area (Å²) in [7, 11) is 0. The van der Waals surface area contributed by atoms with E-state index in [1.54, 1.807) is 18.2 Å². The van der Waals surface area contributed by atoms with Crippen molar-refractivity contribution in [3.63, 3.8) is 0 Å². The molecule has 4 nitrogen and oxygen atoms in total. The number of rotatable bonds is 5. The van der Waals surface area contributed by atoms with E-state index in [0.29, 0.717) is 11.3 Å². The molecule has 0 aliphatic carbocycles. The Morgan fingerprint density at radius 3 is 2.04 bits per heavy atom. The van der Waals surface area contributed by atoms with E-state index in [0.717, 1.165) is 0 Å². The van der Waals surface area contributed by atoms with E-state index in [9.17, 15) is 22.0 Å². The molecule has 25 heavy (non-hydrogen) atoms. The Balaban J connectivity index is 2.23. The van der Waals surface area contributed by atoms with Crippen LogP contribution in [0.25, 0.3) is 0 Å². The lowest BCUT2D eigenvalue weighted by Crippen LogP contribution is -2.08. The molecule has 0 aliphatic rings. The second-order valence-corrected chi connectivity index (χ2v) is 4.73. The highest BCUT2D eigenvalue weighted by Crippen LogP contribution is 2.27. The van der Waals surface area contributed by atoms with Crippen LogP contribution in [-0.4, -0.2) is 12.3 Å². The predicted octanol–water partition coefficient (Wildman–Crippen LogP) is 4.12. The number of hydrogen-bond donors (Lipinski definition) is 1. The van der Waals surface area contributed by atoms with Crippen LogP contribution in [0.3, 0.4) is 0 Å². The first kappa shape index (κ1) is 18.2. The van der Waals surface area contributed by atoms with Crippen LogP contribution in [0.5, 0.6) is 5.75 Å². The molecule has 2 aromatic rings. The second kappa shape index (κ2) is 7.61. The van der Waals surface area contributed by atoms with Crippen molar-refractivity contribution in [2.45, 2.75) is 6.92 Å². The van der Waals surface area contributed by atoms with Gasteiger partial charge < -0.3 is 4.74 Å². The Labute approximate surface area is 139 Å². The first-order valence-electron chi connectivity index (χ1n) is 6.78. The van der Waals surface area contributed by atoms with Crippen molar-refractivity contribution in [1.82, 2.24) is 0 Å².